The summed E-state index contributed by atoms with van der Waals surface area (Å²) in [7, 11) is 0. The molecule has 0 radical (unpaired) electrons. The number of carbonyl (C=O) groups excluding carboxylic acids is 1. The molecular weight excluding hydrogens is 258 g/mol. The summed E-state index contributed by atoms with van der Waals surface area (Å²) in [4.78, 5) is 22.7. The molecule has 0 bridgehead atoms. The molecule has 2 aromatic rings. The van der Waals surface area contributed by atoms with E-state index in [-0.39, 0.29) is 11.9 Å². The van der Waals surface area contributed by atoms with Crippen LogP contribution in [0.15, 0.2) is 34.7 Å². The van der Waals surface area contributed by atoms with Crippen LogP contribution in [-0.4, -0.2) is 17.0 Å². The summed E-state index contributed by atoms with van der Waals surface area (Å²) >= 11 is 0. The molecule has 2 N–H and O–H groups in total. The Labute approximate surface area is 115 Å². The van der Waals surface area contributed by atoms with Crippen molar-refractivity contribution < 1.29 is 19.1 Å². The fourth-order valence-electron chi connectivity index (χ4n) is 2.37. The lowest BCUT2D eigenvalue weighted by Gasteiger charge is -2.10. The number of rotatable bonds is 4. The number of hydrogen-bond acceptors (Lipinski definition) is 3. The third kappa shape index (κ3) is 2.27. The van der Waals surface area contributed by atoms with Crippen molar-refractivity contribution in [1.29, 1.82) is 0 Å². The molecule has 0 unspecified atom stereocenters. The number of furan rings is 1. The molecule has 1 saturated carbocycles. The maximum atomic E-state index is 11.9. The number of hydrogen-bond donors (Lipinski definition) is 2. The Morgan fingerprint density at radius 3 is 2.75 bits per heavy atom. The minimum atomic E-state index is -0.901. The predicted molar refractivity (Wildman–Crippen MR) is 72.0 cm³/mol. The number of carboxylic acids is 1. The highest BCUT2D eigenvalue weighted by atomic mass is 16.4. The summed E-state index contributed by atoms with van der Waals surface area (Å²) in [5, 5.41) is 12.6. The van der Waals surface area contributed by atoms with Crippen molar-refractivity contribution in [2.45, 2.75) is 19.4 Å². The summed E-state index contributed by atoms with van der Waals surface area (Å²) in [6.07, 6.45) is 0.425. The molecule has 1 aliphatic carbocycles. The van der Waals surface area contributed by atoms with Gasteiger partial charge in [-0.15, -0.1) is 0 Å². The molecule has 1 fully saturated rings. The minimum absolute atomic E-state index is 0.217. The molecule has 1 aromatic carbocycles. The molecule has 3 rings (SSSR count). The summed E-state index contributed by atoms with van der Waals surface area (Å²) < 4.78 is 5.67. The number of nitrogens with one attached hydrogen (secondary N) is 1. The Morgan fingerprint density at radius 1 is 1.35 bits per heavy atom. The number of aliphatic carboxylic acids is 1. The fourth-order valence-corrected chi connectivity index (χ4v) is 2.37. The lowest BCUT2D eigenvalue weighted by molar-refractivity contribution is -0.140. The van der Waals surface area contributed by atoms with Crippen molar-refractivity contribution in [1.82, 2.24) is 5.32 Å². The molecule has 1 aromatic heterocycles. The fraction of sp³-hybridized carbons (Fsp3) is 0.333. The zero-order chi connectivity index (χ0) is 14.3. The number of benzene rings is 1. The first-order valence-electron chi connectivity index (χ1n) is 6.58. The standard InChI is InChI=1S/C15H15NO4/c1-8(16-14(17)10-7-11(10)15(18)19)13-6-9-4-2-3-5-12(9)20-13/h2-6,8,10-11H,7H2,1H3,(H,16,17)(H,18,19)/t8-,10-,11-/m0/s1. The Morgan fingerprint density at radius 2 is 2.10 bits per heavy atom. The monoisotopic (exact) mass is 273 g/mol. The highest BCUT2D eigenvalue weighted by Crippen LogP contribution is 2.39. The van der Waals surface area contributed by atoms with Crippen molar-refractivity contribution in [3.8, 4) is 0 Å². The second-order valence-corrected chi connectivity index (χ2v) is 5.20. The van der Waals surface area contributed by atoms with Gasteiger partial charge in [-0.2, -0.15) is 0 Å². The largest absolute Gasteiger partial charge is 0.481 e. The maximum Gasteiger partial charge on any atom is 0.307 e. The topological polar surface area (TPSA) is 79.5 Å². The number of fused-ring (bicyclic) bond motifs is 1. The number of carbonyl (C=O) groups is 2. The smallest absolute Gasteiger partial charge is 0.307 e. The van der Waals surface area contributed by atoms with Crippen molar-refractivity contribution in [3.63, 3.8) is 0 Å². The maximum absolute atomic E-state index is 11.9. The SMILES string of the molecule is C[C@H](NC(=O)[C@H]1C[C@@H]1C(=O)O)c1cc2ccccc2o1. The van der Waals surface area contributed by atoms with Crippen LogP contribution in [0.2, 0.25) is 0 Å². The van der Waals surface area contributed by atoms with E-state index in [9.17, 15) is 9.59 Å². The molecule has 0 aliphatic heterocycles. The van der Waals surface area contributed by atoms with Gasteiger partial charge in [0, 0.05) is 5.39 Å². The van der Waals surface area contributed by atoms with E-state index in [0.29, 0.717) is 12.2 Å². The molecule has 104 valence electrons. The molecule has 1 aliphatic rings. The van der Waals surface area contributed by atoms with Crippen molar-refractivity contribution in [2.75, 3.05) is 0 Å². The van der Waals surface area contributed by atoms with Crippen LogP contribution < -0.4 is 5.32 Å². The zero-order valence-electron chi connectivity index (χ0n) is 11.0. The van der Waals surface area contributed by atoms with Crippen molar-refractivity contribution >= 4 is 22.8 Å². The van der Waals surface area contributed by atoms with Gasteiger partial charge in [-0.3, -0.25) is 9.59 Å². The van der Waals surface area contributed by atoms with Gasteiger partial charge >= 0.3 is 5.97 Å². The van der Waals surface area contributed by atoms with Crippen LogP contribution in [-0.2, 0) is 9.59 Å². The average molecular weight is 273 g/mol. The summed E-state index contributed by atoms with van der Waals surface area (Å²) in [6, 6.07) is 9.24. The summed E-state index contributed by atoms with van der Waals surface area (Å²) in [5.74, 6) is -1.38. The molecule has 1 amide bonds. The van der Waals surface area contributed by atoms with Crippen LogP contribution >= 0.6 is 0 Å². The lowest BCUT2D eigenvalue weighted by atomic mass is 10.2. The molecule has 1 heterocycles. The van der Waals surface area contributed by atoms with Crippen LogP contribution in [0.1, 0.15) is 25.1 Å². The van der Waals surface area contributed by atoms with E-state index in [0.717, 1.165) is 11.0 Å². The number of para-hydroxylation sites is 1. The molecule has 5 heteroatoms. The van der Waals surface area contributed by atoms with Gasteiger partial charge in [-0.25, -0.2) is 0 Å². The summed E-state index contributed by atoms with van der Waals surface area (Å²) in [6.45, 7) is 1.83. The van der Waals surface area contributed by atoms with Gasteiger partial charge in [0.15, 0.2) is 0 Å². The lowest BCUT2D eigenvalue weighted by Crippen LogP contribution is -2.28. The first kappa shape index (κ1) is 12.7. The Hall–Kier alpha value is -2.30. The van der Waals surface area contributed by atoms with Crippen LogP contribution in [0.5, 0.6) is 0 Å². The van der Waals surface area contributed by atoms with Gasteiger partial charge in [0.05, 0.1) is 17.9 Å². The number of carboxylic acid groups (broad SMARTS) is 1. The van der Waals surface area contributed by atoms with E-state index >= 15 is 0 Å². The Kier molecular flexibility index (Phi) is 2.97. The first-order valence-corrected chi connectivity index (χ1v) is 6.58. The Bertz CT molecular complexity index is 642. The van der Waals surface area contributed by atoms with Gasteiger partial charge in [-0.1, -0.05) is 18.2 Å². The van der Waals surface area contributed by atoms with Gasteiger partial charge in [0.2, 0.25) is 5.91 Å². The van der Waals surface area contributed by atoms with E-state index in [1.165, 1.54) is 0 Å². The van der Waals surface area contributed by atoms with Crippen molar-refractivity contribution in [2.24, 2.45) is 11.8 Å². The van der Waals surface area contributed by atoms with E-state index < -0.39 is 17.8 Å². The highest BCUT2D eigenvalue weighted by molar-refractivity contribution is 5.89. The van der Waals surface area contributed by atoms with Gasteiger partial charge in [0.25, 0.3) is 0 Å². The van der Waals surface area contributed by atoms with Crippen LogP contribution in [0.4, 0.5) is 0 Å². The van der Waals surface area contributed by atoms with Gasteiger partial charge in [-0.05, 0) is 25.5 Å². The van der Waals surface area contributed by atoms with E-state index in [1.807, 2.05) is 37.3 Å². The molecule has 0 spiro atoms. The quantitative estimate of drug-likeness (QED) is 0.896. The van der Waals surface area contributed by atoms with Gasteiger partial charge in [0.1, 0.15) is 11.3 Å². The van der Waals surface area contributed by atoms with Crippen LogP contribution in [0, 0.1) is 11.8 Å². The highest BCUT2D eigenvalue weighted by Gasteiger charge is 2.48. The number of amides is 1. The van der Waals surface area contributed by atoms with Crippen LogP contribution in [0.25, 0.3) is 11.0 Å². The average Bonchev–Trinajstić information content (AvgIpc) is 3.11. The second-order valence-electron chi connectivity index (χ2n) is 5.20. The third-order valence-corrected chi connectivity index (χ3v) is 3.67. The molecule has 20 heavy (non-hydrogen) atoms. The first-order chi connectivity index (χ1) is 9.56. The second kappa shape index (κ2) is 4.67. The molecule has 0 saturated heterocycles. The van der Waals surface area contributed by atoms with Gasteiger partial charge < -0.3 is 14.8 Å². The Balaban J connectivity index is 1.68. The molecule has 5 nitrogen and oxygen atoms in total. The van der Waals surface area contributed by atoms with E-state index in [1.54, 1.807) is 0 Å². The zero-order valence-corrected chi connectivity index (χ0v) is 11.0. The third-order valence-electron chi connectivity index (χ3n) is 3.67. The van der Waals surface area contributed by atoms with E-state index in [2.05, 4.69) is 5.32 Å². The summed E-state index contributed by atoms with van der Waals surface area (Å²) in [5.41, 5.74) is 0.776. The van der Waals surface area contributed by atoms with Crippen molar-refractivity contribution in [3.05, 3.63) is 36.1 Å². The predicted octanol–water partition coefficient (Wildman–Crippen LogP) is 2.33. The molecule has 3 atom stereocenters. The molecular formula is C15H15NO4. The normalized spacial score (nSPS) is 22.4. The van der Waals surface area contributed by atoms with E-state index in [4.69, 9.17) is 9.52 Å². The minimum Gasteiger partial charge on any atom is -0.481 e. The van der Waals surface area contributed by atoms with Crippen LogP contribution in [0.3, 0.4) is 0 Å².